The summed E-state index contributed by atoms with van der Waals surface area (Å²) in [5.74, 6) is 0.382. The summed E-state index contributed by atoms with van der Waals surface area (Å²) in [6.45, 7) is 0.652. The molecule has 0 unspecified atom stereocenters. The summed E-state index contributed by atoms with van der Waals surface area (Å²) >= 11 is 4.01. The Morgan fingerprint density at radius 3 is 2.46 bits per heavy atom. The molecule has 0 fully saturated rings. The van der Waals surface area contributed by atoms with Crippen LogP contribution in [0.1, 0.15) is 25.7 Å². The molecule has 0 spiro atoms. The monoisotopic (exact) mass is 204 g/mol. The molecule has 0 aromatic carbocycles. The number of hydrogen-bond donors (Lipinski definition) is 3. The molecule has 4 nitrogen and oxygen atoms in total. The van der Waals surface area contributed by atoms with Crippen LogP contribution in [0.15, 0.2) is 0 Å². The second-order valence-corrected chi connectivity index (χ2v) is 3.19. The van der Waals surface area contributed by atoms with Gasteiger partial charge in [0.1, 0.15) is 0 Å². The highest BCUT2D eigenvalue weighted by atomic mass is 32.1. The van der Waals surface area contributed by atoms with E-state index in [2.05, 4.69) is 17.9 Å². The molecule has 5 heteroatoms. The molecule has 0 rings (SSSR count). The van der Waals surface area contributed by atoms with Crippen LogP contribution in [0.2, 0.25) is 0 Å². The van der Waals surface area contributed by atoms with Crippen LogP contribution in [0.25, 0.3) is 0 Å². The van der Waals surface area contributed by atoms with Gasteiger partial charge in [-0.15, -0.1) is 0 Å². The van der Waals surface area contributed by atoms with Crippen molar-refractivity contribution < 1.29 is 9.59 Å². The molecule has 0 heterocycles. The van der Waals surface area contributed by atoms with E-state index in [0.717, 1.165) is 12.2 Å². The van der Waals surface area contributed by atoms with Crippen LogP contribution < -0.4 is 11.1 Å². The highest BCUT2D eigenvalue weighted by Gasteiger charge is 2.01. The van der Waals surface area contributed by atoms with E-state index in [-0.39, 0.29) is 18.2 Å². The first kappa shape index (κ1) is 12.3. The fraction of sp³-hybridized carbons (Fsp3) is 0.750. The standard InChI is InChI=1S/C8H16N2O2S/c9-7(11)3-1-4-8(12)10-5-2-6-13/h13H,1-6H2,(H2,9,11)(H,10,12). The summed E-state index contributed by atoms with van der Waals surface area (Å²) in [5.41, 5.74) is 4.92. The van der Waals surface area contributed by atoms with Crippen LogP contribution in [0.5, 0.6) is 0 Å². The lowest BCUT2D eigenvalue weighted by molar-refractivity contribution is -0.121. The first-order chi connectivity index (χ1) is 6.16. The minimum Gasteiger partial charge on any atom is -0.370 e. The highest BCUT2D eigenvalue weighted by Crippen LogP contribution is 1.94. The third kappa shape index (κ3) is 9.20. The average Bonchev–Trinajstić information content (AvgIpc) is 2.04. The molecular weight excluding hydrogens is 188 g/mol. The molecule has 0 bridgehead atoms. The molecule has 0 aromatic rings. The second kappa shape index (κ2) is 7.91. The van der Waals surface area contributed by atoms with E-state index in [1.165, 1.54) is 0 Å². The minimum atomic E-state index is -0.358. The van der Waals surface area contributed by atoms with Crippen molar-refractivity contribution in [2.45, 2.75) is 25.7 Å². The van der Waals surface area contributed by atoms with E-state index in [1.807, 2.05) is 0 Å². The smallest absolute Gasteiger partial charge is 0.220 e. The maximum absolute atomic E-state index is 11.0. The Labute approximate surface area is 83.7 Å². The van der Waals surface area contributed by atoms with Crippen molar-refractivity contribution in [3.63, 3.8) is 0 Å². The summed E-state index contributed by atoms with van der Waals surface area (Å²) < 4.78 is 0. The Kier molecular flexibility index (Phi) is 7.48. The fourth-order valence-corrected chi connectivity index (χ4v) is 0.977. The Morgan fingerprint density at radius 2 is 1.92 bits per heavy atom. The molecule has 2 amide bonds. The zero-order valence-electron chi connectivity index (χ0n) is 7.58. The predicted octanol–water partition coefficient (Wildman–Crippen LogP) is 0.0781. The molecule has 0 aliphatic heterocycles. The zero-order valence-corrected chi connectivity index (χ0v) is 8.48. The Balaban J connectivity index is 3.25. The van der Waals surface area contributed by atoms with Crippen molar-refractivity contribution >= 4 is 24.4 Å². The van der Waals surface area contributed by atoms with Crippen molar-refractivity contribution in [1.82, 2.24) is 5.32 Å². The summed E-state index contributed by atoms with van der Waals surface area (Å²) in [6.07, 6.45) is 2.04. The highest BCUT2D eigenvalue weighted by molar-refractivity contribution is 7.80. The van der Waals surface area contributed by atoms with Crippen LogP contribution in [0, 0.1) is 0 Å². The van der Waals surface area contributed by atoms with E-state index in [0.29, 0.717) is 19.4 Å². The zero-order chi connectivity index (χ0) is 10.1. The number of amides is 2. The van der Waals surface area contributed by atoms with Gasteiger partial charge in [-0.3, -0.25) is 9.59 Å². The maximum Gasteiger partial charge on any atom is 0.220 e. The van der Waals surface area contributed by atoms with E-state index in [4.69, 9.17) is 5.73 Å². The normalized spacial score (nSPS) is 9.62. The van der Waals surface area contributed by atoms with Gasteiger partial charge in [0.05, 0.1) is 0 Å². The Hall–Kier alpha value is -0.710. The van der Waals surface area contributed by atoms with Gasteiger partial charge in [-0.05, 0) is 18.6 Å². The van der Waals surface area contributed by atoms with Crippen LogP contribution >= 0.6 is 12.6 Å². The second-order valence-electron chi connectivity index (χ2n) is 2.75. The number of thiol groups is 1. The van der Waals surface area contributed by atoms with Crippen molar-refractivity contribution in [2.75, 3.05) is 12.3 Å². The molecule has 3 N–H and O–H groups in total. The third-order valence-corrected chi connectivity index (χ3v) is 1.80. The molecule has 0 aliphatic carbocycles. The van der Waals surface area contributed by atoms with Gasteiger partial charge in [0, 0.05) is 19.4 Å². The van der Waals surface area contributed by atoms with Gasteiger partial charge in [-0.1, -0.05) is 0 Å². The number of nitrogens with one attached hydrogen (secondary N) is 1. The van der Waals surface area contributed by atoms with Gasteiger partial charge in [-0.2, -0.15) is 12.6 Å². The number of rotatable bonds is 7. The Morgan fingerprint density at radius 1 is 1.23 bits per heavy atom. The van der Waals surface area contributed by atoms with Gasteiger partial charge in [0.2, 0.25) is 11.8 Å². The number of hydrogen-bond acceptors (Lipinski definition) is 3. The third-order valence-electron chi connectivity index (χ3n) is 1.48. The van der Waals surface area contributed by atoms with Gasteiger partial charge >= 0.3 is 0 Å². The van der Waals surface area contributed by atoms with Crippen molar-refractivity contribution in [1.29, 1.82) is 0 Å². The summed E-state index contributed by atoms with van der Waals surface area (Å²) in [6, 6.07) is 0. The Bertz CT molecular complexity index is 174. The molecule has 0 aromatic heterocycles. The van der Waals surface area contributed by atoms with Crippen LogP contribution in [0.3, 0.4) is 0 Å². The number of carbonyl (C=O) groups is 2. The van der Waals surface area contributed by atoms with Crippen molar-refractivity contribution in [3.05, 3.63) is 0 Å². The van der Waals surface area contributed by atoms with Gasteiger partial charge in [0.25, 0.3) is 0 Å². The lowest BCUT2D eigenvalue weighted by Gasteiger charge is -2.02. The van der Waals surface area contributed by atoms with E-state index < -0.39 is 0 Å². The molecule has 0 saturated heterocycles. The topological polar surface area (TPSA) is 72.2 Å². The first-order valence-corrected chi connectivity index (χ1v) is 4.96. The van der Waals surface area contributed by atoms with Crippen LogP contribution in [-0.4, -0.2) is 24.1 Å². The average molecular weight is 204 g/mol. The SMILES string of the molecule is NC(=O)CCCC(=O)NCCCS. The largest absolute Gasteiger partial charge is 0.370 e. The van der Waals surface area contributed by atoms with E-state index in [1.54, 1.807) is 0 Å². The quantitative estimate of drug-likeness (QED) is 0.406. The number of nitrogens with two attached hydrogens (primary N) is 1. The van der Waals surface area contributed by atoms with Crippen LogP contribution in [-0.2, 0) is 9.59 Å². The number of carbonyl (C=O) groups excluding carboxylic acids is 2. The van der Waals surface area contributed by atoms with Crippen LogP contribution in [0.4, 0.5) is 0 Å². The maximum atomic E-state index is 11.0. The lowest BCUT2D eigenvalue weighted by atomic mass is 10.2. The molecule has 13 heavy (non-hydrogen) atoms. The molecule has 0 atom stereocenters. The number of primary amides is 1. The van der Waals surface area contributed by atoms with Gasteiger partial charge in [0.15, 0.2) is 0 Å². The lowest BCUT2D eigenvalue weighted by Crippen LogP contribution is -2.24. The van der Waals surface area contributed by atoms with Crippen molar-refractivity contribution in [2.24, 2.45) is 5.73 Å². The van der Waals surface area contributed by atoms with Gasteiger partial charge < -0.3 is 11.1 Å². The first-order valence-electron chi connectivity index (χ1n) is 4.32. The van der Waals surface area contributed by atoms with Crippen molar-refractivity contribution in [3.8, 4) is 0 Å². The molecule has 0 aliphatic rings. The molecule has 0 radical (unpaired) electrons. The predicted molar refractivity (Wildman–Crippen MR) is 54.5 cm³/mol. The minimum absolute atomic E-state index is 0.0250. The summed E-state index contributed by atoms with van der Waals surface area (Å²) in [5, 5.41) is 2.72. The summed E-state index contributed by atoms with van der Waals surface area (Å²) in [4.78, 5) is 21.3. The molecule has 76 valence electrons. The van der Waals surface area contributed by atoms with E-state index >= 15 is 0 Å². The molecule has 0 saturated carbocycles. The van der Waals surface area contributed by atoms with Gasteiger partial charge in [-0.25, -0.2) is 0 Å². The van der Waals surface area contributed by atoms with E-state index in [9.17, 15) is 9.59 Å². The summed E-state index contributed by atoms with van der Waals surface area (Å²) in [7, 11) is 0. The molecular formula is C8H16N2O2S. The fourth-order valence-electron chi connectivity index (χ4n) is 0.818.